The number of benzene rings is 2. The second-order valence-electron chi connectivity index (χ2n) is 7.20. The molecule has 0 radical (unpaired) electrons. The van der Waals surface area contributed by atoms with Crippen molar-refractivity contribution < 1.29 is 9.21 Å². The number of amides is 1. The molecule has 30 heavy (non-hydrogen) atoms. The number of hydrogen-bond acceptors (Lipinski definition) is 6. The van der Waals surface area contributed by atoms with Crippen LogP contribution in [0.25, 0.3) is 11.5 Å². The largest absolute Gasteiger partial charge is 0.441 e. The Morgan fingerprint density at radius 3 is 2.50 bits per heavy atom. The molecule has 0 atom stereocenters. The van der Waals surface area contributed by atoms with Gasteiger partial charge in [0.2, 0.25) is 5.89 Å². The first-order chi connectivity index (χ1) is 14.4. The van der Waals surface area contributed by atoms with Crippen molar-refractivity contribution in [3.63, 3.8) is 0 Å². The first kappa shape index (κ1) is 19.4. The van der Waals surface area contributed by atoms with E-state index in [1.54, 1.807) is 0 Å². The first-order valence-electron chi connectivity index (χ1n) is 9.51. The van der Waals surface area contributed by atoms with Crippen molar-refractivity contribution in [1.82, 2.24) is 20.0 Å². The zero-order chi connectivity index (χ0) is 21.3. The number of aromatic nitrogens is 4. The van der Waals surface area contributed by atoms with Gasteiger partial charge in [-0.3, -0.25) is 4.79 Å². The quantitative estimate of drug-likeness (QED) is 0.526. The molecule has 0 fully saturated rings. The Labute approximate surface area is 173 Å². The number of hydrogen-bond donors (Lipinski definition) is 2. The molecule has 0 saturated carbocycles. The average Bonchev–Trinajstić information content (AvgIpc) is 3.25. The van der Waals surface area contributed by atoms with Gasteiger partial charge in [0, 0.05) is 11.3 Å². The summed E-state index contributed by atoms with van der Waals surface area (Å²) in [4.78, 5) is 17.2. The molecule has 2 aromatic carbocycles. The number of carbonyl (C=O) groups is 1. The third-order valence-electron chi connectivity index (χ3n) is 4.68. The Morgan fingerprint density at radius 1 is 1.10 bits per heavy atom. The summed E-state index contributed by atoms with van der Waals surface area (Å²) in [7, 11) is 0. The summed E-state index contributed by atoms with van der Waals surface area (Å²) < 4.78 is 7.22. The normalized spacial score (nSPS) is 10.9. The number of nitrogens with two attached hydrogens (primary N) is 1. The van der Waals surface area contributed by atoms with Gasteiger partial charge in [-0.15, -0.1) is 5.10 Å². The molecule has 152 valence electrons. The van der Waals surface area contributed by atoms with Gasteiger partial charge in [0.1, 0.15) is 11.5 Å². The fourth-order valence-corrected chi connectivity index (χ4v) is 3.26. The molecule has 0 aliphatic heterocycles. The number of nitrogens with zero attached hydrogens (tertiary/aromatic N) is 4. The number of rotatable bonds is 5. The SMILES string of the molecule is Cc1cc(C)cc(NC(=O)c2nnn(Cc3nc(-c4ccccc4)oc3C)c2N)c1. The van der Waals surface area contributed by atoms with Gasteiger partial charge in [0.25, 0.3) is 5.91 Å². The fourth-order valence-electron chi connectivity index (χ4n) is 3.26. The Hall–Kier alpha value is -3.94. The predicted octanol–water partition coefficient (Wildman–Crippen LogP) is 3.74. The van der Waals surface area contributed by atoms with Crippen LogP contribution < -0.4 is 11.1 Å². The van der Waals surface area contributed by atoms with Crippen LogP contribution in [0, 0.1) is 20.8 Å². The Bertz CT molecular complexity index is 1190. The van der Waals surface area contributed by atoms with E-state index < -0.39 is 5.91 Å². The zero-order valence-corrected chi connectivity index (χ0v) is 17.0. The molecule has 0 spiro atoms. The lowest BCUT2D eigenvalue weighted by Crippen LogP contribution is -2.15. The standard InChI is InChI=1S/C22H22N6O2/c1-13-9-14(2)11-17(10-13)24-21(29)19-20(23)28(27-26-19)12-18-15(3)30-22(25-18)16-7-5-4-6-8-16/h4-11H,12,23H2,1-3H3,(H,24,29). The van der Waals surface area contributed by atoms with Gasteiger partial charge in [-0.1, -0.05) is 29.5 Å². The van der Waals surface area contributed by atoms with E-state index in [1.165, 1.54) is 4.68 Å². The molecule has 1 amide bonds. The molecule has 0 unspecified atom stereocenters. The highest BCUT2D eigenvalue weighted by atomic mass is 16.4. The summed E-state index contributed by atoms with van der Waals surface area (Å²) in [5.41, 5.74) is 10.6. The molecule has 8 nitrogen and oxygen atoms in total. The molecule has 4 rings (SSSR count). The van der Waals surface area contributed by atoms with E-state index in [9.17, 15) is 4.79 Å². The lowest BCUT2D eigenvalue weighted by atomic mass is 10.1. The number of carbonyl (C=O) groups excluding carboxylic acids is 1. The smallest absolute Gasteiger partial charge is 0.280 e. The highest BCUT2D eigenvalue weighted by molar-refractivity contribution is 6.05. The maximum Gasteiger partial charge on any atom is 0.280 e. The van der Waals surface area contributed by atoms with Crippen LogP contribution in [0.3, 0.4) is 0 Å². The van der Waals surface area contributed by atoms with Crippen molar-refractivity contribution in [3.8, 4) is 11.5 Å². The maximum atomic E-state index is 12.6. The molecule has 4 aromatic rings. The van der Waals surface area contributed by atoms with E-state index in [-0.39, 0.29) is 18.1 Å². The van der Waals surface area contributed by atoms with Gasteiger partial charge in [0.15, 0.2) is 11.5 Å². The van der Waals surface area contributed by atoms with Gasteiger partial charge < -0.3 is 15.5 Å². The van der Waals surface area contributed by atoms with Crippen LogP contribution in [0.4, 0.5) is 11.5 Å². The lowest BCUT2D eigenvalue weighted by Gasteiger charge is -2.06. The number of oxazole rings is 1. The van der Waals surface area contributed by atoms with Gasteiger partial charge in [-0.05, 0) is 56.2 Å². The molecule has 0 bridgehead atoms. The minimum Gasteiger partial charge on any atom is -0.441 e. The monoisotopic (exact) mass is 402 g/mol. The summed E-state index contributed by atoms with van der Waals surface area (Å²) in [6.45, 7) is 6.02. The Morgan fingerprint density at radius 2 is 1.80 bits per heavy atom. The minimum atomic E-state index is -0.411. The molecule has 0 saturated heterocycles. The molecule has 3 N–H and O–H groups in total. The van der Waals surface area contributed by atoms with E-state index in [1.807, 2.05) is 69.3 Å². The highest BCUT2D eigenvalue weighted by Gasteiger charge is 2.20. The number of anilines is 2. The molecule has 2 aromatic heterocycles. The summed E-state index contributed by atoms with van der Waals surface area (Å²) in [5, 5.41) is 10.8. The van der Waals surface area contributed by atoms with E-state index in [4.69, 9.17) is 10.2 Å². The minimum absolute atomic E-state index is 0.0681. The van der Waals surface area contributed by atoms with Crippen LogP contribution in [0.2, 0.25) is 0 Å². The molecular weight excluding hydrogens is 380 g/mol. The van der Waals surface area contributed by atoms with Gasteiger partial charge >= 0.3 is 0 Å². The molecule has 0 aliphatic carbocycles. The predicted molar refractivity (Wildman–Crippen MR) is 114 cm³/mol. The average molecular weight is 402 g/mol. The highest BCUT2D eigenvalue weighted by Crippen LogP contribution is 2.23. The number of nitrogens with one attached hydrogen (secondary N) is 1. The van der Waals surface area contributed by atoms with Crippen LogP contribution >= 0.6 is 0 Å². The van der Waals surface area contributed by atoms with Crippen LogP contribution in [0.5, 0.6) is 0 Å². The Balaban J connectivity index is 1.54. The van der Waals surface area contributed by atoms with E-state index in [0.29, 0.717) is 23.0 Å². The second kappa shape index (κ2) is 7.82. The van der Waals surface area contributed by atoms with Crippen LogP contribution in [-0.4, -0.2) is 25.9 Å². The van der Waals surface area contributed by atoms with Crippen molar-refractivity contribution in [2.45, 2.75) is 27.3 Å². The molecule has 0 aliphatic rings. The van der Waals surface area contributed by atoms with Crippen molar-refractivity contribution in [2.24, 2.45) is 0 Å². The maximum absolute atomic E-state index is 12.6. The molecule has 8 heteroatoms. The summed E-state index contributed by atoms with van der Waals surface area (Å²) in [6, 6.07) is 15.4. The summed E-state index contributed by atoms with van der Waals surface area (Å²) >= 11 is 0. The fraction of sp³-hybridized carbons (Fsp3) is 0.182. The molecular formula is C22H22N6O2. The van der Waals surface area contributed by atoms with Crippen molar-refractivity contribution in [1.29, 1.82) is 0 Å². The van der Waals surface area contributed by atoms with Gasteiger partial charge in [0.05, 0.1) is 6.54 Å². The van der Waals surface area contributed by atoms with Crippen LogP contribution in [0.1, 0.15) is 33.1 Å². The third kappa shape index (κ3) is 3.93. The van der Waals surface area contributed by atoms with Gasteiger partial charge in [-0.2, -0.15) is 0 Å². The van der Waals surface area contributed by atoms with Crippen LogP contribution in [-0.2, 0) is 6.54 Å². The van der Waals surface area contributed by atoms with Crippen LogP contribution in [0.15, 0.2) is 52.9 Å². The zero-order valence-electron chi connectivity index (χ0n) is 17.0. The first-order valence-corrected chi connectivity index (χ1v) is 9.51. The van der Waals surface area contributed by atoms with Crippen molar-refractivity contribution in [3.05, 3.63) is 76.8 Å². The van der Waals surface area contributed by atoms with E-state index in [0.717, 1.165) is 16.7 Å². The van der Waals surface area contributed by atoms with Crippen molar-refractivity contribution >= 4 is 17.4 Å². The lowest BCUT2D eigenvalue weighted by molar-refractivity contribution is 0.102. The summed E-state index contributed by atoms with van der Waals surface area (Å²) in [6.07, 6.45) is 0. The number of aryl methyl sites for hydroxylation is 3. The van der Waals surface area contributed by atoms with E-state index in [2.05, 4.69) is 20.6 Å². The van der Waals surface area contributed by atoms with Gasteiger partial charge in [-0.25, -0.2) is 9.67 Å². The number of nitrogen functional groups attached to an aromatic ring is 1. The summed E-state index contributed by atoms with van der Waals surface area (Å²) in [5.74, 6) is 0.936. The third-order valence-corrected chi connectivity index (χ3v) is 4.68. The van der Waals surface area contributed by atoms with E-state index >= 15 is 0 Å². The van der Waals surface area contributed by atoms with Crippen molar-refractivity contribution in [2.75, 3.05) is 11.1 Å². The molecule has 2 heterocycles. The topological polar surface area (TPSA) is 112 Å². The Kier molecular flexibility index (Phi) is 5.05. The second-order valence-corrected chi connectivity index (χ2v) is 7.20.